The summed E-state index contributed by atoms with van der Waals surface area (Å²) >= 11 is 0. The van der Waals surface area contributed by atoms with Crippen molar-refractivity contribution in [2.45, 2.75) is 13.0 Å². The van der Waals surface area contributed by atoms with Crippen molar-refractivity contribution in [3.8, 4) is 11.8 Å². The van der Waals surface area contributed by atoms with Gasteiger partial charge in [-0.3, -0.25) is 0 Å². The molecule has 2 rings (SSSR count). The monoisotopic (exact) mass is 266 g/mol. The molecule has 1 aromatic rings. The highest BCUT2D eigenvalue weighted by atomic mass is 16.5. The average Bonchev–Trinajstić information content (AvgIpc) is 2.84. The molecule has 0 aromatic carbocycles. The fourth-order valence-electron chi connectivity index (χ4n) is 2.48. The average molecular weight is 266 g/mol. The molecule has 1 fully saturated rings. The summed E-state index contributed by atoms with van der Waals surface area (Å²) < 4.78 is 10.5. The lowest BCUT2D eigenvalue weighted by atomic mass is 10.1. The smallest absolute Gasteiger partial charge is 0.224 e. The number of nitrogens with one attached hydrogen (secondary N) is 1. The second kappa shape index (κ2) is 6.68. The molecule has 1 saturated heterocycles. The fourth-order valence-corrected chi connectivity index (χ4v) is 2.48. The van der Waals surface area contributed by atoms with Gasteiger partial charge in [-0.2, -0.15) is 0 Å². The molecule has 0 radical (unpaired) electrons. The van der Waals surface area contributed by atoms with Crippen molar-refractivity contribution in [2.24, 2.45) is 5.92 Å². The quantitative estimate of drug-likeness (QED) is 0.811. The number of rotatable bonds is 6. The highest BCUT2D eigenvalue weighted by Crippen LogP contribution is 2.23. The van der Waals surface area contributed by atoms with Crippen LogP contribution in [0.4, 0.5) is 0 Å². The van der Waals surface area contributed by atoms with E-state index in [2.05, 4.69) is 27.2 Å². The Morgan fingerprint density at radius 3 is 2.53 bits per heavy atom. The molecule has 1 aromatic heterocycles. The van der Waals surface area contributed by atoms with Gasteiger partial charge in [0.25, 0.3) is 0 Å². The molecule has 1 aliphatic heterocycles. The van der Waals surface area contributed by atoms with Crippen LogP contribution in [0.1, 0.15) is 12.0 Å². The van der Waals surface area contributed by atoms with Crippen LogP contribution in [0.3, 0.4) is 0 Å². The number of nitrogens with zero attached hydrogens (tertiary/aromatic N) is 3. The molecule has 1 aliphatic rings. The number of hydrogen-bond donors (Lipinski definition) is 1. The van der Waals surface area contributed by atoms with Crippen LogP contribution in [0, 0.1) is 5.92 Å². The van der Waals surface area contributed by atoms with E-state index in [4.69, 9.17) is 9.47 Å². The van der Waals surface area contributed by atoms with Crippen molar-refractivity contribution in [1.82, 2.24) is 20.2 Å². The Hall–Kier alpha value is -1.40. The van der Waals surface area contributed by atoms with E-state index in [0.717, 1.165) is 18.7 Å². The molecule has 0 aliphatic carbocycles. The maximum absolute atomic E-state index is 5.25. The van der Waals surface area contributed by atoms with Crippen LogP contribution in [0.15, 0.2) is 6.33 Å². The van der Waals surface area contributed by atoms with E-state index in [1.165, 1.54) is 19.3 Å². The van der Waals surface area contributed by atoms with Gasteiger partial charge in [-0.25, -0.2) is 9.97 Å². The minimum Gasteiger partial charge on any atom is -0.481 e. The minimum atomic E-state index is 0.572. The summed E-state index contributed by atoms with van der Waals surface area (Å²) in [4.78, 5) is 10.6. The first kappa shape index (κ1) is 14.0. The van der Waals surface area contributed by atoms with Gasteiger partial charge in [0.15, 0.2) is 0 Å². The summed E-state index contributed by atoms with van der Waals surface area (Å²) in [5.74, 6) is 1.86. The predicted octanol–water partition coefficient (Wildman–Crippen LogP) is 0.535. The Balaban J connectivity index is 1.91. The summed E-state index contributed by atoms with van der Waals surface area (Å²) in [7, 11) is 5.38. The highest BCUT2D eigenvalue weighted by molar-refractivity contribution is 5.34. The molecule has 1 unspecified atom stereocenters. The van der Waals surface area contributed by atoms with Crippen LogP contribution in [0.2, 0.25) is 0 Å². The van der Waals surface area contributed by atoms with Crippen molar-refractivity contribution in [3.63, 3.8) is 0 Å². The van der Waals surface area contributed by atoms with Gasteiger partial charge in [-0.15, -0.1) is 0 Å². The van der Waals surface area contributed by atoms with E-state index in [1.54, 1.807) is 14.2 Å². The van der Waals surface area contributed by atoms with E-state index >= 15 is 0 Å². The third-order valence-electron chi connectivity index (χ3n) is 3.48. The fraction of sp³-hybridized carbons (Fsp3) is 0.692. The summed E-state index contributed by atoms with van der Waals surface area (Å²) in [6.45, 7) is 4.00. The van der Waals surface area contributed by atoms with Gasteiger partial charge in [0.2, 0.25) is 11.8 Å². The third-order valence-corrected chi connectivity index (χ3v) is 3.48. The lowest BCUT2D eigenvalue weighted by molar-refractivity contribution is 0.355. The normalized spacial score (nSPS) is 19.6. The number of methoxy groups -OCH3 is 2. The lowest BCUT2D eigenvalue weighted by Gasteiger charge is -2.14. The largest absolute Gasteiger partial charge is 0.481 e. The Morgan fingerprint density at radius 2 is 2.00 bits per heavy atom. The molecule has 19 heavy (non-hydrogen) atoms. The van der Waals surface area contributed by atoms with Crippen molar-refractivity contribution in [2.75, 3.05) is 40.9 Å². The molecule has 2 heterocycles. The Kier molecular flexibility index (Phi) is 4.93. The molecule has 1 N–H and O–H groups in total. The second-order valence-corrected chi connectivity index (χ2v) is 4.92. The molecular formula is C13H22N4O2. The van der Waals surface area contributed by atoms with Crippen LogP contribution in [-0.4, -0.2) is 55.8 Å². The topological polar surface area (TPSA) is 59.5 Å². The van der Waals surface area contributed by atoms with Crippen molar-refractivity contribution >= 4 is 0 Å². The van der Waals surface area contributed by atoms with E-state index in [1.807, 2.05) is 0 Å². The van der Waals surface area contributed by atoms with Crippen molar-refractivity contribution in [3.05, 3.63) is 11.9 Å². The number of likely N-dealkylation sites (tertiary alicyclic amines) is 1. The SMILES string of the molecule is COc1ncnc(OC)c1CNCC1CCN(C)C1. The zero-order chi connectivity index (χ0) is 13.7. The second-order valence-electron chi connectivity index (χ2n) is 4.92. The summed E-state index contributed by atoms with van der Waals surface area (Å²) in [5, 5.41) is 3.45. The van der Waals surface area contributed by atoms with Gasteiger partial charge in [0, 0.05) is 13.1 Å². The van der Waals surface area contributed by atoms with Gasteiger partial charge in [0.05, 0.1) is 19.8 Å². The molecule has 0 saturated carbocycles. The van der Waals surface area contributed by atoms with Crippen LogP contribution in [0.5, 0.6) is 11.8 Å². The maximum atomic E-state index is 5.25. The van der Waals surface area contributed by atoms with Gasteiger partial charge in [0.1, 0.15) is 6.33 Å². The zero-order valence-corrected chi connectivity index (χ0v) is 11.8. The minimum absolute atomic E-state index is 0.572. The van der Waals surface area contributed by atoms with Crippen LogP contribution in [-0.2, 0) is 6.54 Å². The summed E-state index contributed by atoms with van der Waals surface area (Å²) in [6.07, 6.45) is 2.70. The van der Waals surface area contributed by atoms with Crippen LogP contribution < -0.4 is 14.8 Å². The van der Waals surface area contributed by atoms with E-state index in [-0.39, 0.29) is 0 Å². The first-order chi connectivity index (χ1) is 9.24. The van der Waals surface area contributed by atoms with Gasteiger partial charge >= 0.3 is 0 Å². The zero-order valence-electron chi connectivity index (χ0n) is 11.8. The third kappa shape index (κ3) is 3.54. The first-order valence-corrected chi connectivity index (χ1v) is 6.55. The van der Waals surface area contributed by atoms with Gasteiger partial charge < -0.3 is 19.7 Å². The molecule has 0 amide bonds. The van der Waals surface area contributed by atoms with E-state index < -0.39 is 0 Å². The molecule has 0 bridgehead atoms. The standard InChI is InChI=1S/C13H22N4O2/c1-17-5-4-10(8-17)6-14-7-11-12(18-2)15-9-16-13(11)19-3/h9-10,14H,4-8H2,1-3H3. The summed E-state index contributed by atoms with van der Waals surface area (Å²) in [5.41, 5.74) is 0.874. The van der Waals surface area contributed by atoms with Gasteiger partial charge in [-0.05, 0) is 32.5 Å². The molecule has 6 nitrogen and oxygen atoms in total. The van der Waals surface area contributed by atoms with Crippen molar-refractivity contribution < 1.29 is 9.47 Å². The van der Waals surface area contributed by atoms with Gasteiger partial charge in [-0.1, -0.05) is 0 Å². The predicted molar refractivity (Wildman–Crippen MR) is 72.4 cm³/mol. The lowest BCUT2D eigenvalue weighted by Crippen LogP contribution is -2.25. The summed E-state index contributed by atoms with van der Waals surface area (Å²) in [6, 6.07) is 0. The Labute approximate surface area is 114 Å². The molecule has 6 heteroatoms. The Bertz CT molecular complexity index is 391. The number of ether oxygens (including phenoxy) is 2. The molecule has 106 valence electrons. The van der Waals surface area contributed by atoms with Crippen molar-refractivity contribution in [1.29, 1.82) is 0 Å². The molecule has 0 spiro atoms. The number of hydrogen-bond acceptors (Lipinski definition) is 6. The first-order valence-electron chi connectivity index (χ1n) is 6.55. The number of aromatic nitrogens is 2. The van der Waals surface area contributed by atoms with Crippen LogP contribution in [0.25, 0.3) is 0 Å². The van der Waals surface area contributed by atoms with Crippen LogP contribution >= 0.6 is 0 Å². The Morgan fingerprint density at radius 1 is 1.32 bits per heavy atom. The van der Waals surface area contributed by atoms with E-state index in [0.29, 0.717) is 24.2 Å². The molecule has 1 atom stereocenters. The molecular weight excluding hydrogens is 244 g/mol. The maximum Gasteiger partial charge on any atom is 0.224 e. The van der Waals surface area contributed by atoms with E-state index in [9.17, 15) is 0 Å². The highest BCUT2D eigenvalue weighted by Gasteiger charge is 2.19.